The maximum absolute atomic E-state index is 14.3. The van der Waals surface area contributed by atoms with E-state index in [-0.39, 0.29) is 59.1 Å². The molecule has 4 rings (SSSR count). The molecule has 2 atom stereocenters. The van der Waals surface area contributed by atoms with Gasteiger partial charge in [-0.2, -0.15) is 4.31 Å². The van der Waals surface area contributed by atoms with Crippen molar-refractivity contribution >= 4 is 33.6 Å². The highest BCUT2D eigenvalue weighted by atomic mass is 32.2. The molecular formula is C42H58N4O8S. The summed E-state index contributed by atoms with van der Waals surface area (Å²) < 4.78 is 39.9. The number of nitrogens with zero attached hydrogens (tertiary/aromatic N) is 3. The van der Waals surface area contributed by atoms with Crippen molar-refractivity contribution in [2.75, 3.05) is 39.2 Å². The van der Waals surface area contributed by atoms with Crippen LogP contribution in [0.4, 0.5) is 10.5 Å². The van der Waals surface area contributed by atoms with Crippen LogP contribution in [0, 0.1) is 5.92 Å². The molecule has 1 saturated carbocycles. The number of carbonyl (C=O) groups excluding carboxylic acids is 3. The number of hydrogen-bond acceptors (Lipinski definition) is 8. The SMILES string of the molecule is COc1ccc(S(=O)(=O)N(CC(C)C)C[C@@H](O)[C@H](Cc2ccccc2)NC(=O)c2cc(C(=O)N(C)C3CCCCC3)cc(N(C)C(=O)OC(C)(C)C)c2)cc1. The van der Waals surface area contributed by atoms with Gasteiger partial charge in [0.25, 0.3) is 11.8 Å². The topological polar surface area (TPSA) is 146 Å². The van der Waals surface area contributed by atoms with E-state index in [1.54, 1.807) is 50.9 Å². The highest BCUT2D eigenvalue weighted by Gasteiger charge is 2.33. The Morgan fingerprint density at radius 3 is 2.09 bits per heavy atom. The predicted molar refractivity (Wildman–Crippen MR) is 214 cm³/mol. The molecular weight excluding hydrogens is 721 g/mol. The molecule has 0 unspecified atom stereocenters. The van der Waals surface area contributed by atoms with Crippen molar-refractivity contribution < 1.29 is 37.4 Å². The summed E-state index contributed by atoms with van der Waals surface area (Å²) in [7, 11) is 0.711. The van der Waals surface area contributed by atoms with E-state index < -0.39 is 39.8 Å². The van der Waals surface area contributed by atoms with Crippen LogP contribution in [0.5, 0.6) is 5.75 Å². The second-order valence-electron chi connectivity index (χ2n) is 15.7. The number of carbonyl (C=O) groups is 3. The molecule has 2 N–H and O–H groups in total. The summed E-state index contributed by atoms with van der Waals surface area (Å²) in [6, 6.07) is 19.0. The molecule has 1 aliphatic carbocycles. The molecule has 3 aromatic rings. The van der Waals surface area contributed by atoms with Crippen molar-refractivity contribution in [2.24, 2.45) is 5.92 Å². The van der Waals surface area contributed by atoms with E-state index in [0.29, 0.717) is 5.75 Å². The first kappa shape index (κ1) is 43.3. The van der Waals surface area contributed by atoms with Crippen molar-refractivity contribution in [1.29, 1.82) is 0 Å². The van der Waals surface area contributed by atoms with Gasteiger partial charge >= 0.3 is 6.09 Å². The van der Waals surface area contributed by atoms with Gasteiger partial charge in [0.05, 0.1) is 24.2 Å². The van der Waals surface area contributed by atoms with Crippen molar-refractivity contribution in [1.82, 2.24) is 14.5 Å². The van der Waals surface area contributed by atoms with Crippen LogP contribution < -0.4 is 15.0 Å². The molecule has 0 spiro atoms. The summed E-state index contributed by atoms with van der Waals surface area (Å²) >= 11 is 0. The summed E-state index contributed by atoms with van der Waals surface area (Å²) in [6.45, 7) is 8.84. The Balaban J connectivity index is 1.71. The molecule has 55 heavy (non-hydrogen) atoms. The fourth-order valence-corrected chi connectivity index (χ4v) is 8.27. The molecule has 0 saturated heterocycles. The molecule has 3 aromatic carbocycles. The van der Waals surface area contributed by atoms with E-state index in [9.17, 15) is 27.9 Å². The average Bonchev–Trinajstić information content (AvgIpc) is 3.16. The van der Waals surface area contributed by atoms with Crippen LogP contribution in [-0.2, 0) is 21.2 Å². The average molecular weight is 779 g/mol. The van der Waals surface area contributed by atoms with Crippen molar-refractivity contribution in [3.63, 3.8) is 0 Å². The lowest BCUT2D eigenvalue weighted by Gasteiger charge is -2.32. The summed E-state index contributed by atoms with van der Waals surface area (Å²) in [4.78, 5) is 44.4. The Hall–Kier alpha value is -4.46. The van der Waals surface area contributed by atoms with Crippen LogP contribution >= 0.6 is 0 Å². The Morgan fingerprint density at radius 2 is 1.51 bits per heavy atom. The van der Waals surface area contributed by atoms with Crippen molar-refractivity contribution in [3.05, 3.63) is 89.5 Å². The van der Waals surface area contributed by atoms with E-state index in [1.165, 1.54) is 47.6 Å². The number of anilines is 1. The van der Waals surface area contributed by atoms with Gasteiger partial charge in [-0.05, 0) is 94.0 Å². The van der Waals surface area contributed by atoms with E-state index in [2.05, 4.69) is 5.32 Å². The summed E-state index contributed by atoms with van der Waals surface area (Å²) in [6.07, 6.45) is 3.11. The lowest BCUT2D eigenvalue weighted by atomic mass is 9.94. The van der Waals surface area contributed by atoms with Gasteiger partial charge in [0.15, 0.2) is 0 Å². The van der Waals surface area contributed by atoms with Crippen molar-refractivity contribution in [3.8, 4) is 5.75 Å². The quantitative estimate of drug-likeness (QED) is 0.178. The Kier molecular flexibility index (Phi) is 14.9. The number of methoxy groups -OCH3 is 1. The van der Waals surface area contributed by atoms with Gasteiger partial charge in [0.2, 0.25) is 10.0 Å². The smallest absolute Gasteiger partial charge is 0.414 e. The largest absolute Gasteiger partial charge is 0.497 e. The van der Waals surface area contributed by atoms with Gasteiger partial charge in [0, 0.05) is 50.0 Å². The molecule has 12 nitrogen and oxygen atoms in total. The molecule has 1 aliphatic rings. The van der Waals surface area contributed by atoms with Crippen LogP contribution in [0.3, 0.4) is 0 Å². The zero-order valence-corrected chi connectivity index (χ0v) is 34.3. The van der Waals surface area contributed by atoms with Gasteiger partial charge in [-0.15, -0.1) is 0 Å². The fraction of sp³-hybridized carbons (Fsp3) is 0.500. The molecule has 0 radical (unpaired) electrons. The Bertz CT molecular complexity index is 1860. The maximum Gasteiger partial charge on any atom is 0.414 e. The normalized spacial score (nSPS) is 15.0. The van der Waals surface area contributed by atoms with E-state index >= 15 is 0 Å². The summed E-state index contributed by atoms with van der Waals surface area (Å²) in [5, 5.41) is 14.8. The second kappa shape index (κ2) is 18.9. The number of aliphatic hydroxyl groups excluding tert-OH is 1. The maximum atomic E-state index is 14.3. The summed E-state index contributed by atoms with van der Waals surface area (Å²) in [5.41, 5.74) is 0.605. The molecule has 1 fully saturated rings. The first-order chi connectivity index (χ1) is 25.9. The molecule has 0 aromatic heterocycles. The zero-order chi connectivity index (χ0) is 40.5. The molecule has 0 bridgehead atoms. The van der Waals surface area contributed by atoms with Gasteiger partial charge in [-0.3, -0.25) is 14.5 Å². The number of sulfonamides is 1. The van der Waals surface area contributed by atoms with Gasteiger partial charge in [-0.25, -0.2) is 13.2 Å². The summed E-state index contributed by atoms with van der Waals surface area (Å²) in [5.74, 6) is -0.460. The number of nitrogens with one attached hydrogen (secondary N) is 1. The molecule has 3 amide bonds. The van der Waals surface area contributed by atoms with Gasteiger partial charge in [0.1, 0.15) is 11.4 Å². The molecule has 300 valence electrons. The first-order valence-electron chi connectivity index (χ1n) is 19.0. The number of benzene rings is 3. The zero-order valence-electron chi connectivity index (χ0n) is 33.4. The Labute approximate surface area is 326 Å². The molecule has 0 heterocycles. The minimum atomic E-state index is -4.06. The number of rotatable bonds is 15. The molecule has 13 heteroatoms. The highest BCUT2D eigenvalue weighted by molar-refractivity contribution is 7.89. The third kappa shape index (κ3) is 12.0. The number of hydrogen-bond donors (Lipinski definition) is 2. The predicted octanol–water partition coefficient (Wildman–Crippen LogP) is 6.52. The second-order valence-corrected chi connectivity index (χ2v) is 17.7. The minimum Gasteiger partial charge on any atom is -0.497 e. The lowest BCUT2D eigenvalue weighted by molar-refractivity contribution is 0.0587. The third-order valence-electron chi connectivity index (χ3n) is 9.66. The lowest BCUT2D eigenvalue weighted by Crippen LogP contribution is -2.51. The van der Waals surface area contributed by atoms with Crippen LogP contribution in [0.15, 0.2) is 77.7 Å². The minimum absolute atomic E-state index is 0.0473. The van der Waals surface area contributed by atoms with E-state index in [0.717, 1.165) is 37.7 Å². The molecule has 0 aliphatic heterocycles. The Morgan fingerprint density at radius 1 is 0.891 bits per heavy atom. The van der Waals surface area contributed by atoms with Crippen LogP contribution in [0.2, 0.25) is 0 Å². The van der Waals surface area contributed by atoms with Crippen molar-refractivity contribution in [2.45, 2.75) is 102 Å². The first-order valence-corrected chi connectivity index (χ1v) is 20.4. The van der Waals surface area contributed by atoms with Gasteiger partial charge in [-0.1, -0.05) is 63.4 Å². The number of amides is 3. The van der Waals surface area contributed by atoms with Crippen LogP contribution in [-0.4, -0.2) is 98.7 Å². The number of aliphatic hydroxyl groups is 1. The monoisotopic (exact) mass is 778 g/mol. The van der Waals surface area contributed by atoms with E-state index in [4.69, 9.17) is 9.47 Å². The van der Waals surface area contributed by atoms with Crippen LogP contribution in [0.1, 0.15) is 93.0 Å². The standard InChI is InChI=1S/C42H58N4O8S/c1-29(2)27-46(55(51,52)36-21-19-35(53-8)20-22-36)28-38(47)37(23-30-15-11-9-12-16-30)43-39(48)31-24-32(40(49)44(6)33-17-13-10-14-18-33)26-34(25-31)45(7)41(50)54-42(3,4)5/h9,11-12,15-16,19-22,24-26,29,33,37-38,47H,10,13-14,17-18,23,27-28H2,1-8H3,(H,43,48)/t37-,38+/m0/s1. The third-order valence-corrected chi connectivity index (χ3v) is 11.5. The van der Waals surface area contributed by atoms with E-state index in [1.807, 2.05) is 44.2 Å². The van der Waals surface area contributed by atoms with Crippen LogP contribution in [0.25, 0.3) is 0 Å². The van der Waals surface area contributed by atoms with Gasteiger partial charge < -0.3 is 24.8 Å². The fourth-order valence-electron chi connectivity index (χ4n) is 6.65. The highest BCUT2D eigenvalue weighted by Crippen LogP contribution is 2.27. The number of ether oxygens (including phenoxy) is 2.